The van der Waals surface area contributed by atoms with E-state index in [9.17, 15) is 14.9 Å². The van der Waals surface area contributed by atoms with Crippen molar-refractivity contribution in [1.29, 1.82) is 0 Å². The second-order valence-corrected chi connectivity index (χ2v) is 7.61. The highest BCUT2D eigenvalue weighted by Gasteiger charge is 2.20. The molecule has 0 saturated carbocycles. The first kappa shape index (κ1) is 20.4. The number of nitrogens with zero attached hydrogens (tertiary/aromatic N) is 3. The molecule has 0 bridgehead atoms. The van der Waals surface area contributed by atoms with Crippen molar-refractivity contribution in [2.75, 3.05) is 0 Å². The summed E-state index contributed by atoms with van der Waals surface area (Å²) >= 11 is 3.35. The van der Waals surface area contributed by atoms with Crippen LogP contribution in [0.2, 0.25) is 0 Å². The van der Waals surface area contributed by atoms with Crippen LogP contribution >= 0.6 is 15.9 Å². The van der Waals surface area contributed by atoms with Crippen LogP contribution in [-0.2, 0) is 0 Å². The first-order chi connectivity index (χ1) is 15.0. The van der Waals surface area contributed by atoms with Gasteiger partial charge in [-0.3, -0.25) is 14.9 Å². The minimum absolute atomic E-state index is 0.0466. The summed E-state index contributed by atoms with van der Waals surface area (Å²) in [6.45, 7) is 0. The second-order valence-electron chi connectivity index (χ2n) is 6.69. The Morgan fingerprint density at radius 1 is 0.968 bits per heavy atom. The number of carbonyl (C=O) groups excluding carboxylic acids is 1. The van der Waals surface area contributed by atoms with Crippen LogP contribution in [0.4, 0.5) is 5.69 Å². The lowest BCUT2D eigenvalue weighted by atomic mass is 10.0. The molecule has 0 N–H and O–H groups in total. The molecule has 0 atom stereocenters. The van der Waals surface area contributed by atoms with E-state index in [0.29, 0.717) is 22.4 Å². The predicted octanol–water partition coefficient (Wildman–Crippen LogP) is 6.11. The highest BCUT2D eigenvalue weighted by atomic mass is 79.9. The number of aromatic nitrogens is 2. The fourth-order valence-corrected chi connectivity index (χ4v) is 3.40. The monoisotopic (exact) mass is 473 g/mol. The van der Waals surface area contributed by atoms with Crippen LogP contribution in [0.25, 0.3) is 23.0 Å². The van der Waals surface area contributed by atoms with Crippen molar-refractivity contribution in [3.63, 3.8) is 0 Å². The average molecular weight is 474 g/mol. The number of para-hydroxylation sites is 2. The summed E-state index contributed by atoms with van der Waals surface area (Å²) in [5.74, 6) is -0.173. The van der Waals surface area contributed by atoms with E-state index < -0.39 is 4.92 Å². The fourth-order valence-electron chi connectivity index (χ4n) is 3.14. The second kappa shape index (κ2) is 8.89. The van der Waals surface area contributed by atoms with E-state index in [1.54, 1.807) is 59.4 Å². The highest BCUT2D eigenvalue weighted by Crippen LogP contribution is 2.32. The molecule has 152 valence electrons. The molecule has 0 saturated heterocycles. The number of hydrogen-bond acceptors (Lipinski definition) is 4. The van der Waals surface area contributed by atoms with Crippen LogP contribution in [-0.4, -0.2) is 20.5 Å². The Balaban J connectivity index is 1.79. The topological polar surface area (TPSA) is 78.0 Å². The van der Waals surface area contributed by atoms with Gasteiger partial charge in [0, 0.05) is 27.9 Å². The maximum atomic E-state index is 12.6. The third-order valence-corrected chi connectivity index (χ3v) is 5.19. The lowest BCUT2D eigenvalue weighted by Gasteiger charge is -2.02. The van der Waals surface area contributed by atoms with Gasteiger partial charge in [-0.05, 0) is 54.6 Å². The van der Waals surface area contributed by atoms with Crippen molar-refractivity contribution in [1.82, 2.24) is 9.78 Å². The van der Waals surface area contributed by atoms with Gasteiger partial charge in [0.25, 0.3) is 5.69 Å². The normalized spacial score (nSPS) is 11.0. The van der Waals surface area contributed by atoms with Crippen LogP contribution in [0.3, 0.4) is 0 Å². The summed E-state index contributed by atoms with van der Waals surface area (Å²) in [6, 6.07) is 22.9. The number of carbonyl (C=O) groups is 1. The molecule has 0 fully saturated rings. The summed E-state index contributed by atoms with van der Waals surface area (Å²) in [4.78, 5) is 23.7. The van der Waals surface area contributed by atoms with Gasteiger partial charge in [0.1, 0.15) is 5.69 Å². The molecule has 0 amide bonds. The van der Waals surface area contributed by atoms with Gasteiger partial charge in [0.2, 0.25) is 0 Å². The minimum Gasteiger partial charge on any atom is -0.289 e. The zero-order valence-electron chi connectivity index (χ0n) is 16.2. The number of nitro groups is 1. The summed E-state index contributed by atoms with van der Waals surface area (Å²) in [6.07, 6.45) is 4.85. The minimum atomic E-state index is -0.433. The van der Waals surface area contributed by atoms with Gasteiger partial charge in [0.05, 0.1) is 16.2 Å². The Morgan fingerprint density at radius 3 is 2.35 bits per heavy atom. The maximum absolute atomic E-state index is 12.6. The Hall–Kier alpha value is -3.84. The van der Waals surface area contributed by atoms with Crippen LogP contribution in [0.1, 0.15) is 15.9 Å². The predicted molar refractivity (Wildman–Crippen MR) is 123 cm³/mol. The summed E-state index contributed by atoms with van der Waals surface area (Å²) < 4.78 is 2.53. The molecule has 0 aliphatic heterocycles. The average Bonchev–Trinajstić information content (AvgIpc) is 3.22. The van der Waals surface area contributed by atoms with Gasteiger partial charge < -0.3 is 0 Å². The molecule has 7 heteroatoms. The number of allylic oxidation sites excluding steroid dienone is 1. The van der Waals surface area contributed by atoms with Crippen LogP contribution < -0.4 is 0 Å². The van der Waals surface area contributed by atoms with Gasteiger partial charge in [-0.15, -0.1) is 0 Å². The number of benzene rings is 3. The molecular weight excluding hydrogens is 458 g/mol. The van der Waals surface area contributed by atoms with Crippen LogP contribution in [0.15, 0.2) is 95.6 Å². The molecule has 1 heterocycles. The molecule has 31 heavy (non-hydrogen) atoms. The van der Waals surface area contributed by atoms with E-state index >= 15 is 0 Å². The SMILES string of the molecule is O=C(/C=C/c1cn(-c2ccccc2)nc1-c1ccccc1[N+](=O)[O-])c1ccc(Br)cc1. The van der Waals surface area contributed by atoms with Crippen LogP contribution in [0, 0.1) is 10.1 Å². The Kier molecular flexibility index (Phi) is 5.86. The highest BCUT2D eigenvalue weighted by molar-refractivity contribution is 9.10. The molecular formula is C24H16BrN3O3. The summed E-state index contributed by atoms with van der Waals surface area (Å²) in [7, 11) is 0. The standard InChI is InChI=1S/C24H16BrN3O3/c25-19-13-10-17(11-14-19)23(29)15-12-18-16-27(20-6-2-1-3-7-20)26-24(18)21-8-4-5-9-22(21)28(30)31/h1-16H/b15-12+. The maximum Gasteiger partial charge on any atom is 0.278 e. The number of rotatable bonds is 6. The lowest BCUT2D eigenvalue weighted by molar-refractivity contribution is -0.384. The van der Waals surface area contributed by atoms with E-state index in [-0.39, 0.29) is 11.5 Å². The van der Waals surface area contributed by atoms with Crippen molar-refractivity contribution in [2.24, 2.45) is 0 Å². The molecule has 4 rings (SSSR count). The Morgan fingerprint density at radius 2 is 1.65 bits per heavy atom. The zero-order valence-corrected chi connectivity index (χ0v) is 17.8. The van der Waals surface area contributed by atoms with Crippen molar-refractivity contribution >= 4 is 33.5 Å². The molecule has 3 aromatic carbocycles. The molecule has 1 aromatic heterocycles. The van der Waals surface area contributed by atoms with Gasteiger partial charge in [0.15, 0.2) is 5.78 Å². The Labute approximate surface area is 186 Å². The molecule has 0 aliphatic carbocycles. The van der Waals surface area contributed by atoms with Crippen molar-refractivity contribution in [3.8, 4) is 16.9 Å². The van der Waals surface area contributed by atoms with Crippen molar-refractivity contribution in [2.45, 2.75) is 0 Å². The lowest BCUT2D eigenvalue weighted by Crippen LogP contribution is -1.96. The molecule has 6 nitrogen and oxygen atoms in total. The molecule has 0 spiro atoms. The third-order valence-electron chi connectivity index (χ3n) is 4.66. The van der Waals surface area contributed by atoms with Crippen molar-refractivity contribution in [3.05, 3.63) is 117 Å². The van der Waals surface area contributed by atoms with E-state index in [1.165, 1.54) is 12.1 Å². The van der Waals surface area contributed by atoms with E-state index in [1.807, 2.05) is 30.3 Å². The number of ketones is 1. The van der Waals surface area contributed by atoms with E-state index in [4.69, 9.17) is 0 Å². The van der Waals surface area contributed by atoms with Crippen molar-refractivity contribution < 1.29 is 9.72 Å². The molecule has 0 unspecified atom stereocenters. The van der Waals surface area contributed by atoms with Gasteiger partial charge in [-0.1, -0.05) is 46.3 Å². The van der Waals surface area contributed by atoms with Crippen LogP contribution in [0.5, 0.6) is 0 Å². The third kappa shape index (κ3) is 4.51. The van der Waals surface area contributed by atoms with Gasteiger partial charge in [-0.25, -0.2) is 4.68 Å². The van der Waals surface area contributed by atoms with Gasteiger partial charge in [-0.2, -0.15) is 5.10 Å². The van der Waals surface area contributed by atoms with E-state index in [2.05, 4.69) is 21.0 Å². The largest absolute Gasteiger partial charge is 0.289 e. The quantitative estimate of drug-likeness (QED) is 0.146. The summed E-state index contributed by atoms with van der Waals surface area (Å²) in [5.41, 5.74) is 2.72. The smallest absolute Gasteiger partial charge is 0.278 e. The first-order valence-electron chi connectivity index (χ1n) is 9.40. The van der Waals surface area contributed by atoms with E-state index in [0.717, 1.165) is 10.2 Å². The molecule has 0 radical (unpaired) electrons. The number of nitro benzene ring substituents is 1. The first-order valence-corrected chi connectivity index (χ1v) is 10.2. The number of hydrogen-bond donors (Lipinski definition) is 0. The zero-order chi connectivity index (χ0) is 21.8. The molecule has 0 aliphatic rings. The molecule has 4 aromatic rings. The summed E-state index contributed by atoms with van der Waals surface area (Å²) in [5, 5.41) is 16.2. The Bertz CT molecular complexity index is 1280. The van der Waals surface area contributed by atoms with Gasteiger partial charge >= 0.3 is 0 Å². The number of halogens is 1. The fraction of sp³-hybridized carbons (Fsp3) is 0.